The first-order chi connectivity index (χ1) is 13.4. The Balaban J connectivity index is 2.40. The van der Waals surface area contributed by atoms with Crippen LogP contribution in [-0.2, 0) is 0 Å². The van der Waals surface area contributed by atoms with Crippen LogP contribution in [0.2, 0.25) is 0 Å². The number of rotatable bonds is 10. The van der Waals surface area contributed by atoms with E-state index in [0.29, 0.717) is 0 Å². The number of nitrogens with two attached hydrogens (primary N) is 1. The van der Waals surface area contributed by atoms with Gasteiger partial charge in [-0.3, -0.25) is 4.79 Å². The van der Waals surface area contributed by atoms with Gasteiger partial charge < -0.3 is 11.1 Å². The molecule has 0 heterocycles. The molecule has 0 spiro atoms. The number of amides is 1. The summed E-state index contributed by atoms with van der Waals surface area (Å²) >= 11 is 0. The van der Waals surface area contributed by atoms with Gasteiger partial charge in [0.2, 0.25) is 0 Å². The molecule has 2 rings (SSSR count). The van der Waals surface area contributed by atoms with Crippen molar-refractivity contribution in [3.05, 3.63) is 52.1 Å². The van der Waals surface area contributed by atoms with Gasteiger partial charge in [-0.1, -0.05) is 31.9 Å². The third-order valence-corrected chi connectivity index (χ3v) is 5.14. The molecule has 1 saturated carbocycles. The number of primary amides is 1. The van der Waals surface area contributed by atoms with Crippen molar-refractivity contribution < 1.29 is 9.18 Å². The molecule has 0 unspecified atom stereocenters. The molecule has 1 aromatic carbocycles. The molecule has 1 amide bonds. The van der Waals surface area contributed by atoms with E-state index in [-0.39, 0.29) is 5.56 Å². The second-order valence-corrected chi connectivity index (χ2v) is 7.57. The Morgan fingerprint density at radius 1 is 1.29 bits per heavy atom. The number of nitrogens with one attached hydrogen (secondary N) is 1. The minimum absolute atomic E-state index is 0.0972. The van der Waals surface area contributed by atoms with E-state index in [1.54, 1.807) is 6.07 Å². The summed E-state index contributed by atoms with van der Waals surface area (Å²) in [5, 5.41) is 3.47. The zero-order chi connectivity index (χ0) is 20.7. The first-order valence-corrected chi connectivity index (χ1v) is 10.1. The minimum Gasteiger partial charge on any atom is -0.370 e. The molecule has 1 aliphatic carbocycles. The Morgan fingerprint density at radius 2 is 2.00 bits per heavy atom. The Bertz CT molecular complexity index is 804. The maximum Gasteiger partial charge on any atom is 0.251 e. The van der Waals surface area contributed by atoms with Crippen LogP contribution in [0.25, 0.3) is 5.57 Å². The van der Waals surface area contributed by atoms with Crippen LogP contribution in [-0.4, -0.2) is 18.7 Å². The Morgan fingerprint density at radius 3 is 2.57 bits per heavy atom. The zero-order valence-corrected chi connectivity index (χ0v) is 17.4. The third kappa shape index (κ3) is 6.04. The van der Waals surface area contributed by atoms with Gasteiger partial charge in [0.25, 0.3) is 5.91 Å². The standard InChI is InChI=1S/C23H32FN3O/c1-5-7-16(4)20(18-10-11-21(24)19(12-18)22(25)28)14-27-23(15(3)6-2)26-13-17-8-9-17/h10-12,14,17,26H,5-9,13H2,1-4H3,(H2,25,28)/b20-16-,23-15+,27-14+. The summed E-state index contributed by atoms with van der Waals surface area (Å²) < 4.78 is 13.9. The molecule has 0 bridgehead atoms. The predicted octanol–water partition coefficient (Wildman–Crippen LogP) is 5.21. The van der Waals surface area contributed by atoms with Crippen LogP contribution in [0.4, 0.5) is 4.39 Å². The quantitative estimate of drug-likeness (QED) is 0.543. The number of carbonyl (C=O) groups excluding carboxylic acids is 1. The van der Waals surface area contributed by atoms with Crippen molar-refractivity contribution in [1.29, 1.82) is 0 Å². The van der Waals surface area contributed by atoms with Gasteiger partial charge in [0.15, 0.2) is 0 Å². The first kappa shape index (κ1) is 21.9. The number of benzene rings is 1. The normalized spacial score (nSPS) is 16.0. The van der Waals surface area contributed by atoms with E-state index in [0.717, 1.165) is 54.3 Å². The van der Waals surface area contributed by atoms with Crippen molar-refractivity contribution in [2.45, 2.75) is 59.8 Å². The van der Waals surface area contributed by atoms with E-state index in [1.807, 2.05) is 13.1 Å². The van der Waals surface area contributed by atoms with Gasteiger partial charge in [0.1, 0.15) is 11.6 Å². The molecule has 1 aromatic rings. The maximum atomic E-state index is 13.9. The summed E-state index contributed by atoms with van der Waals surface area (Å²) in [6.45, 7) is 9.30. The monoisotopic (exact) mass is 385 g/mol. The van der Waals surface area contributed by atoms with Crippen LogP contribution in [0.15, 0.2) is 40.2 Å². The van der Waals surface area contributed by atoms with Gasteiger partial charge in [-0.05, 0) is 74.3 Å². The van der Waals surface area contributed by atoms with Gasteiger partial charge in [-0.15, -0.1) is 0 Å². The molecule has 0 atom stereocenters. The predicted molar refractivity (Wildman–Crippen MR) is 115 cm³/mol. The van der Waals surface area contributed by atoms with Crippen LogP contribution >= 0.6 is 0 Å². The van der Waals surface area contributed by atoms with Crippen molar-refractivity contribution in [3.63, 3.8) is 0 Å². The summed E-state index contributed by atoms with van der Waals surface area (Å²) in [7, 11) is 0. The number of halogens is 1. The van der Waals surface area contributed by atoms with E-state index < -0.39 is 11.7 Å². The lowest BCUT2D eigenvalue weighted by molar-refractivity contribution is 0.0996. The lowest BCUT2D eigenvalue weighted by Gasteiger charge is -2.12. The fourth-order valence-corrected chi connectivity index (χ4v) is 2.99. The van der Waals surface area contributed by atoms with Crippen molar-refractivity contribution in [3.8, 4) is 0 Å². The number of allylic oxidation sites excluding steroid dienone is 3. The number of hydrogen-bond acceptors (Lipinski definition) is 3. The van der Waals surface area contributed by atoms with Crippen LogP contribution in [0, 0.1) is 11.7 Å². The summed E-state index contributed by atoms with van der Waals surface area (Å²) in [5.74, 6) is 0.279. The molecule has 0 saturated heterocycles. The summed E-state index contributed by atoms with van der Waals surface area (Å²) in [4.78, 5) is 16.3. The van der Waals surface area contributed by atoms with Gasteiger partial charge in [-0.2, -0.15) is 0 Å². The molecule has 1 fully saturated rings. The van der Waals surface area contributed by atoms with Crippen molar-refractivity contribution in [1.82, 2.24) is 5.32 Å². The number of aliphatic imine (C=N–C) groups is 1. The van der Waals surface area contributed by atoms with Crippen LogP contribution < -0.4 is 11.1 Å². The lowest BCUT2D eigenvalue weighted by Crippen LogP contribution is -2.17. The van der Waals surface area contributed by atoms with E-state index >= 15 is 0 Å². The molecule has 1 aliphatic rings. The average molecular weight is 386 g/mol. The van der Waals surface area contributed by atoms with Crippen molar-refractivity contribution in [2.24, 2.45) is 16.6 Å². The van der Waals surface area contributed by atoms with Crippen molar-refractivity contribution >= 4 is 17.7 Å². The largest absolute Gasteiger partial charge is 0.370 e. The molecule has 152 valence electrons. The number of nitrogens with zero attached hydrogens (tertiary/aromatic N) is 1. The molecule has 0 aliphatic heterocycles. The topological polar surface area (TPSA) is 67.5 Å². The highest BCUT2D eigenvalue weighted by Crippen LogP contribution is 2.28. The van der Waals surface area contributed by atoms with Crippen LogP contribution in [0.3, 0.4) is 0 Å². The zero-order valence-electron chi connectivity index (χ0n) is 17.4. The van der Waals surface area contributed by atoms with E-state index in [4.69, 9.17) is 10.7 Å². The smallest absolute Gasteiger partial charge is 0.251 e. The Kier molecular flexibility index (Phi) is 7.97. The van der Waals surface area contributed by atoms with E-state index in [1.165, 1.54) is 30.5 Å². The maximum absolute atomic E-state index is 13.9. The first-order valence-electron chi connectivity index (χ1n) is 10.1. The molecule has 4 nitrogen and oxygen atoms in total. The number of carbonyl (C=O) groups is 1. The summed E-state index contributed by atoms with van der Waals surface area (Å²) in [5.41, 5.74) is 9.22. The molecular weight excluding hydrogens is 353 g/mol. The highest BCUT2D eigenvalue weighted by atomic mass is 19.1. The summed E-state index contributed by atoms with van der Waals surface area (Å²) in [6.07, 6.45) is 7.19. The van der Waals surface area contributed by atoms with Gasteiger partial charge in [-0.25, -0.2) is 9.38 Å². The summed E-state index contributed by atoms with van der Waals surface area (Å²) in [6, 6.07) is 4.49. The molecule has 0 radical (unpaired) electrons. The second kappa shape index (κ2) is 10.2. The Hall–Kier alpha value is -2.43. The lowest BCUT2D eigenvalue weighted by atomic mass is 9.97. The fraction of sp³-hybridized carbons (Fsp3) is 0.478. The van der Waals surface area contributed by atoms with Gasteiger partial charge in [0, 0.05) is 12.8 Å². The molecule has 5 heteroatoms. The van der Waals surface area contributed by atoms with Gasteiger partial charge >= 0.3 is 0 Å². The highest BCUT2D eigenvalue weighted by molar-refractivity contribution is 6.12. The fourth-order valence-electron chi connectivity index (χ4n) is 2.99. The highest BCUT2D eigenvalue weighted by Gasteiger charge is 2.21. The van der Waals surface area contributed by atoms with E-state index in [9.17, 15) is 9.18 Å². The SMILES string of the molecule is CCC/C(C)=C(/C=N/C(NCC1CC1)=C(\C)CC)c1ccc(F)c(C(N)=O)c1. The molecule has 3 N–H and O–H groups in total. The Labute approximate surface area is 167 Å². The molecule has 28 heavy (non-hydrogen) atoms. The average Bonchev–Trinajstić information content (AvgIpc) is 3.49. The second-order valence-electron chi connectivity index (χ2n) is 7.57. The minimum atomic E-state index is -0.766. The van der Waals surface area contributed by atoms with Crippen molar-refractivity contribution in [2.75, 3.05) is 6.54 Å². The van der Waals surface area contributed by atoms with Crippen LogP contribution in [0.5, 0.6) is 0 Å². The molecule has 0 aromatic heterocycles. The third-order valence-electron chi connectivity index (χ3n) is 5.14. The molecular formula is C23H32FN3O. The van der Waals surface area contributed by atoms with Gasteiger partial charge in [0.05, 0.1) is 5.56 Å². The van der Waals surface area contributed by atoms with E-state index in [2.05, 4.69) is 26.1 Å². The number of hydrogen-bond donors (Lipinski definition) is 2. The van der Waals surface area contributed by atoms with Crippen LogP contribution in [0.1, 0.15) is 75.7 Å².